The molecule has 1 N–H and O–H groups in total. The van der Waals surface area contributed by atoms with E-state index in [1.807, 2.05) is 4.90 Å². The standard InChI is InChI=1S/C20H18ClN5O4/c21-15-2-1-3-16(19(15)24-8-10-30-11-9-24)23-20(27)14-4-5-17(18(12-14)26(28)29)25-7-6-22-13-25/h1-7,12-13H,8-11H2,(H,23,27). The molecule has 9 nitrogen and oxygen atoms in total. The molecular formula is C20H18ClN5O4. The maximum Gasteiger partial charge on any atom is 0.294 e. The highest BCUT2D eigenvalue weighted by Crippen LogP contribution is 2.35. The summed E-state index contributed by atoms with van der Waals surface area (Å²) in [6.45, 7) is 2.44. The average molecular weight is 428 g/mol. The minimum absolute atomic E-state index is 0.165. The van der Waals surface area contributed by atoms with E-state index in [1.165, 1.54) is 35.3 Å². The van der Waals surface area contributed by atoms with Crippen LogP contribution in [-0.2, 0) is 4.74 Å². The summed E-state index contributed by atoms with van der Waals surface area (Å²) in [5.74, 6) is -0.466. The van der Waals surface area contributed by atoms with Gasteiger partial charge in [0.15, 0.2) is 0 Å². The molecule has 30 heavy (non-hydrogen) atoms. The van der Waals surface area contributed by atoms with Crippen molar-refractivity contribution in [2.45, 2.75) is 0 Å². The fraction of sp³-hybridized carbons (Fsp3) is 0.200. The lowest BCUT2D eigenvalue weighted by molar-refractivity contribution is -0.384. The number of carbonyl (C=O) groups excluding carboxylic acids is 1. The van der Waals surface area contributed by atoms with Crippen molar-refractivity contribution in [1.29, 1.82) is 0 Å². The van der Waals surface area contributed by atoms with Crippen molar-refractivity contribution in [1.82, 2.24) is 9.55 Å². The zero-order chi connectivity index (χ0) is 21.1. The third-order valence-electron chi connectivity index (χ3n) is 4.78. The Kier molecular flexibility index (Phi) is 5.64. The number of nitro benzene ring substituents is 1. The molecule has 0 atom stereocenters. The van der Waals surface area contributed by atoms with Crippen LogP contribution in [0.4, 0.5) is 17.1 Å². The minimum Gasteiger partial charge on any atom is -0.378 e. The van der Waals surface area contributed by atoms with Crippen LogP contribution in [0.1, 0.15) is 10.4 Å². The molecule has 10 heteroatoms. The Morgan fingerprint density at radius 1 is 1.23 bits per heavy atom. The molecular weight excluding hydrogens is 410 g/mol. The highest BCUT2D eigenvalue weighted by molar-refractivity contribution is 6.34. The zero-order valence-electron chi connectivity index (χ0n) is 15.8. The summed E-state index contributed by atoms with van der Waals surface area (Å²) in [5, 5.41) is 14.9. The molecule has 1 aliphatic heterocycles. The van der Waals surface area contributed by atoms with Crippen LogP contribution in [0, 0.1) is 10.1 Å². The van der Waals surface area contributed by atoms with Gasteiger partial charge >= 0.3 is 0 Å². The number of nitrogens with one attached hydrogen (secondary N) is 1. The second-order valence-corrected chi connectivity index (χ2v) is 7.03. The number of benzene rings is 2. The zero-order valence-corrected chi connectivity index (χ0v) is 16.6. The Hall–Kier alpha value is -3.43. The van der Waals surface area contributed by atoms with Gasteiger partial charge in [0.2, 0.25) is 0 Å². The van der Waals surface area contributed by atoms with E-state index < -0.39 is 10.8 Å². The van der Waals surface area contributed by atoms with Gasteiger partial charge in [-0.2, -0.15) is 0 Å². The summed E-state index contributed by atoms with van der Waals surface area (Å²) in [7, 11) is 0. The monoisotopic (exact) mass is 427 g/mol. The Morgan fingerprint density at radius 3 is 2.73 bits per heavy atom. The molecule has 1 aliphatic rings. The lowest BCUT2D eigenvalue weighted by Gasteiger charge is -2.31. The molecule has 0 radical (unpaired) electrons. The SMILES string of the molecule is O=C(Nc1cccc(Cl)c1N1CCOCC1)c1ccc(-n2ccnc2)c([N+](=O)[O-])c1. The predicted molar refractivity (Wildman–Crippen MR) is 113 cm³/mol. The molecule has 154 valence electrons. The van der Waals surface area contributed by atoms with Crippen LogP contribution in [0.2, 0.25) is 5.02 Å². The molecule has 1 saturated heterocycles. The summed E-state index contributed by atoms with van der Waals surface area (Å²) >= 11 is 6.41. The van der Waals surface area contributed by atoms with Gasteiger partial charge in [0.05, 0.1) is 40.9 Å². The lowest BCUT2D eigenvalue weighted by atomic mass is 10.1. The van der Waals surface area contributed by atoms with Crippen LogP contribution in [0.5, 0.6) is 0 Å². The maximum absolute atomic E-state index is 12.9. The quantitative estimate of drug-likeness (QED) is 0.493. The summed E-state index contributed by atoms with van der Waals surface area (Å²) in [4.78, 5) is 29.9. The highest BCUT2D eigenvalue weighted by atomic mass is 35.5. The topological polar surface area (TPSA) is 103 Å². The number of rotatable bonds is 5. The first-order valence-corrected chi connectivity index (χ1v) is 9.62. The highest BCUT2D eigenvalue weighted by Gasteiger charge is 2.22. The van der Waals surface area contributed by atoms with Gasteiger partial charge in [0.25, 0.3) is 11.6 Å². The molecule has 0 spiro atoms. The number of halogens is 1. The van der Waals surface area contributed by atoms with E-state index in [4.69, 9.17) is 16.3 Å². The smallest absolute Gasteiger partial charge is 0.294 e. The first-order valence-electron chi connectivity index (χ1n) is 9.24. The summed E-state index contributed by atoms with van der Waals surface area (Å²) < 4.78 is 6.91. The second-order valence-electron chi connectivity index (χ2n) is 6.62. The minimum atomic E-state index is -0.523. The van der Waals surface area contributed by atoms with Gasteiger partial charge in [-0.15, -0.1) is 0 Å². The molecule has 0 bridgehead atoms. The molecule has 1 aromatic heterocycles. The van der Waals surface area contributed by atoms with Crippen molar-refractivity contribution in [2.24, 2.45) is 0 Å². The molecule has 0 unspecified atom stereocenters. The largest absolute Gasteiger partial charge is 0.378 e. The number of anilines is 2. The number of nitrogens with zero attached hydrogens (tertiary/aromatic N) is 4. The fourth-order valence-corrected chi connectivity index (χ4v) is 3.64. The summed E-state index contributed by atoms with van der Waals surface area (Å²) in [6.07, 6.45) is 4.59. The van der Waals surface area contributed by atoms with E-state index in [-0.39, 0.29) is 11.3 Å². The number of ether oxygens (including phenoxy) is 1. The number of hydrogen-bond acceptors (Lipinski definition) is 6. The number of aromatic nitrogens is 2. The van der Waals surface area contributed by atoms with Gasteiger partial charge in [0.1, 0.15) is 5.69 Å². The van der Waals surface area contributed by atoms with E-state index in [9.17, 15) is 14.9 Å². The van der Waals surface area contributed by atoms with Crippen LogP contribution in [0.25, 0.3) is 5.69 Å². The molecule has 2 heterocycles. The van der Waals surface area contributed by atoms with Crippen LogP contribution in [-0.4, -0.2) is 46.7 Å². The van der Waals surface area contributed by atoms with Crippen LogP contribution in [0.3, 0.4) is 0 Å². The van der Waals surface area contributed by atoms with Gasteiger partial charge in [0, 0.05) is 37.1 Å². The first kappa shape index (κ1) is 19.9. The number of morpholine rings is 1. The van der Waals surface area contributed by atoms with Crippen molar-refractivity contribution in [3.05, 3.63) is 75.8 Å². The van der Waals surface area contributed by atoms with E-state index in [0.717, 1.165) is 0 Å². The first-order chi connectivity index (χ1) is 14.5. The van der Waals surface area contributed by atoms with E-state index in [0.29, 0.717) is 48.4 Å². The number of amides is 1. The van der Waals surface area contributed by atoms with Crippen molar-refractivity contribution in [3.8, 4) is 5.69 Å². The van der Waals surface area contributed by atoms with Gasteiger partial charge in [-0.3, -0.25) is 14.9 Å². The van der Waals surface area contributed by atoms with Crippen molar-refractivity contribution in [2.75, 3.05) is 36.5 Å². The Bertz CT molecular complexity index is 1080. The molecule has 0 aliphatic carbocycles. The molecule has 3 aromatic rings. The third-order valence-corrected chi connectivity index (χ3v) is 5.08. The normalized spacial score (nSPS) is 13.8. The third kappa shape index (κ3) is 3.98. The van der Waals surface area contributed by atoms with Crippen LogP contribution in [0.15, 0.2) is 55.1 Å². The number of nitro groups is 1. The number of imidazole rings is 1. The summed E-state index contributed by atoms with van der Waals surface area (Å²) in [6, 6.07) is 9.57. The Morgan fingerprint density at radius 2 is 2.03 bits per heavy atom. The molecule has 1 amide bonds. The Labute approximate surface area is 177 Å². The number of carbonyl (C=O) groups is 1. The number of para-hydroxylation sites is 1. The van der Waals surface area contributed by atoms with E-state index in [1.54, 1.807) is 24.4 Å². The van der Waals surface area contributed by atoms with Crippen molar-refractivity contribution >= 4 is 34.6 Å². The molecule has 1 fully saturated rings. The molecule has 0 saturated carbocycles. The van der Waals surface area contributed by atoms with Crippen LogP contribution < -0.4 is 10.2 Å². The maximum atomic E-state index is 12.9. The predicted octanol–water partition coefficient (Wildman–Crippen LogP) is 3.52. The fourth-order valence-electron chi connectivity index (χ4n) is 3.35. The average Bonchev–Trinajstić information content (AvgIpc) is 3.29. The van der Waals surface area contributed by atoms with Crippen LogP contribution >= 0.6 is 11.6 Å². The van der Waals surface area contributed by atoms with Gasteiger partial charge < -0.3 is 19.5 Å². The van der Waals surface area contributed by atoms with E-state index >= 15 is 0 Å². The molecule has 2 aromatic carbocycles. The van der Waals surface area contributed by atoms with Gasteiger partial charge in [-0.25, -0.2) is 4.98 Å². The second kappa shape index (κ2) is 8.52. The molecule has 4 rings (SSSR count). The van der Waals surface area contributed by atoms with Crippen molar-refractivity contribution < 1.29 is 14.5 Å². The Balaban J connectivity index is 1.64. The lowest BCUT2D eigenvalue weighted by Crippen LogP contribution is -2.37. The van der Waals surface area contributed by atoms with Gasteiger partial charge in [-0.05, 0) is 24.3 Å². The summed E-state index contributed by atoms with van der Waals surface area (Å²) in [5.41, 5.74) is 1.54. The van der Waals surface area contributed by atoms with E-state index in [2.05, 4.69) is 10.3 Å². The van der Waals surface area contributed by atoms with Crippen molar-refractivity contribution in [3.63, 3.8) is 0 Å². The number of hydrogen-bond donors (Lipinski definition) is 1. The van der Waals surface area contributed by atoms with Gasteiger partial charge in [-0.1, -0.05) is 17.7 Å².